The van der Waals surface area contributed by atoms with E-state index in [9.17, 15) is 27.2 Å². The van der Waals surface area contributed by atoms with Crippen LogP contribution in [0.15, 0.2) is 26.1 Å². The molecule has 0 radical (unpaired) electrons. The highest BCUT2D eigenvalue weighted by atomic mass is 79.9. The largest absolute Gasteiger partial charge is 0.436 e. The Kier molecular flexibility index (Phi) is 5.02. The maximum atomic E-state index is 14.6. The highest BCUT2D eigenvalue weighted by molar-refractivity contribution is 9.24. The molecule has 0 saturated heterocycles. The Morgan fingerprint density at radius 3 is 2.44 bits per heavy atom. The van der Waals surface area contributed by atoms with Crippen LogP contribution in [0.25, 0.3) is 16.8 Å². The first-order valence-corrected chi connectivity index (χ1v) is 9.11. The summed E-state index contributed by atoms with van der Waals surface area (Å²) in [6.45, 7) is 0. The first-order valence-electron chi connectivity index (χ1n) is 6.90. The molecule has 0 unspecified atom stereocenters. The van der Waals surface area contributed by atoms with Crippen LogP contribution in [0.2, 0.25) is 5.02 Å². The second kappa shape index (κ2) is 6.74. The fraction of sp³-hybridized carbons (Fsp3) is 0.214. The Hall–Kier alpha value is -1.66. The lowest BCUT2D eigenvalue weighted by atomic mass is 10.2. The van der Waals surface area contributed by atoms with Gasteiger partial charge in [-0.1, -0.05) is 43.5 Å². The molecule has 144 valence electrons. The van der Waals surface area contributed by atoms with Gasteiger partial charge in [-0.25, -0.2) is 18.7 Å². The average molecular weight is 535 g/mol. The Bertz CT molecular complexity index is 1180. The van der Waals surface area contributed by atoms with Crippen LogP contribution < -0.4 is 11.2 Å². The van der Waals surface area contributed by atoms with Crippen LogP contribution in [-0.4, -0.2) is 14.1 Å². The Balaban J connectivity index is 2.45. The molecule has 0 amide bonds. The molecule has 1 aromatic carbocycles. The van der Waals surface area contributed by atoms with Gasteiger partial charge in [-0.2, -0.15) is 13.2 Å². The van der Waals surface area contributed by atoms with Crippen LogP contribution in [0, 0.1) is 5.82 Å². The first-order chi connectivity index (χ1) is 12.4. The van der Waals surface area contributed by atoms with Gasteiger partial charge < -0.3 is 4.42 Å². The van der Waals surface area contributed by atoms with Crippen LogP contribution in [0.4, 0.5) is 17.6 Å². The number of hydrogen-bond acceptors (Lipinski definition) is 4. The third-order valence-corrected chi connectivity index (χ3v) is 4.66. The minimum Gasteiger partial charge on any atom is -0.436 e. The van der Waals surface area contributed by atoms with Crippen molar-refractivity contribution < 1.29 is 22.0 Å². The summed E-state index contributed by atoms with van der Waals surface area (Å²) in [5, 5.41) is -0.168. The molecule has 6 nitrogen and oxygen atoms in total. The van der Waals surface area contributed by atoms with Crippen LogP contribution in [0.1, 0.15) is 15.3 Å². The van der Waals surface area contributed by atoms with Crippen molar-refractivity contribution in [1.29, 1.82) is 0 Å². The maximum absolute atomic E-state index is 14.6. The summed E-state index contributed by atoms with van der Waals surface area (Å²) >= 11 is 12.2. The maximum Gasteiger partial charge on any atom is 0.431 e. The zero-order valence-electron chi connectivity index (χ0n) is 12.9. The molecule has 0 aliphatic heterocycles. The number of halogens is 7. The van der Waals surface area contributed by atoms with E-state index in [1.807, 2.05) is 0 Å². The van der Waals surface area contributed by atoms with E-state index >= 15 is 0 Å². The zero-order chi connectivity index (χ0) is 20.3. The summed E-state index contributed by atoms with van der Waals surface area (Å²) in [6, 6.07) is 0.975. The predicted octanol–water partition coefficient (Wildman–Crippen LogP) is 4.28. The lowest BCUT2D eigenvalue weighted by Crippen LogP contribution is -2.41. The molecule has 13 heteroatoms. The summed E-state index contributed by atoms with van der Waals surface area (Å²) in [7, 11) is 0.810. The quantitative estimate of drug-likeness (QED) is 0.363. The van der Waals surface area contributed by atoms with Crippen molar-refractivity contribution in [3.63, 3.8) is 0 Å². The molecule has 0 saturated carbocycles. The van der Waals surface area contributed by atoms with Crippen LogP contribution in [0.3, 0.4) is 0 Å². The van der Waals surface area contributed by atoms with E-state index in [0.717, 1.165) is 13.1 Å². The number of benzene rings is 1. The molecule has 27 heavy (non-hydrogen) atoms. The van der Waals surface area contributed by atoms with E-state index in [4.69, 9.17) is 16.0 Å². The number of oxazole rings is 1. The van der Waals surface area contributed by atoms with Crippen molar-refractivity contribution >= 4 is 54.6 Å². The Morgan fingerprint density at radius 1 is 1.26 bits per heavy atom. The zero-order valence-corrected chi connectivity index (χ0v) is 16.9. The van der Waals surface area contributed by atoms with Gasteiger partial charge in [0.1, 0.15) is 20.6 Å². The predicted molar refractivity (Wildman–Crippen MR) is 95.4 cm³/mol. The molecule has 0 spiro atoms. The first kappa shape index (κ1) is 20.1. The molecule has 0 N–H and O–H groups in total. The number of aromatic nitrogens is 3. The van der Waals surface area contributed by atoms with Crippen molar-refractivity contribution in [3.05, 3.63) is 55.4 Å². The standard InChI is InChI=1S/C14H6Br2ClF4N3O3/c1-23-6(14(19,20)21)3-7(25)24(13(23)26)9-5(18)2-4(17)8-10(9)27-12(22-8)11(15)16/h2-3,11H,1H3. The summed E-state index contributed by atoms with van der Waals surface area (Å²) in [6.07, 6.45) is -4.95. The second-order valence-electron chi connectivity index (χ2n) is 5.26. The van der Waals surface area contributed by atoms with E-state index in [1.54, 1.807) is 0 Å². The van der Waals surface area contributed by atoms with E-state index in [0.29, 0.717) is 0 Å². The monoisotopic (exact) mass is 533 g/mol. The third-order valence-electron chi connectivity index (χ3n) is 3.59. The van der Waals surface area contributed by atoms with Gasteiger partial charge in [0, 0.05) is 13.1 Å². The number of hydrogen-bond donors (Lipinski definition) is 0. The van der Waals surface area contributed by atoms with Gasteiger partial charge in [-0.05, 0) is 6.07 Å². The molecule has 0 fully saturated rings. The summed E-state index contributed by atoms with van der Waals surface area (Å²) in [4.78, 5) is 28.7. The van der Waals surface area contributed by atoms with Crippen LogP contribution in [-0.2, 0) is 13.2 Å². The number of rotatable bonds is 2. The molecule has 2 aromatic heterocycles. The number of alkyl halides is 5. The summed E-state index contributed by atoms with van der Waals surface area (Å²) in [5.74, 6) is -1.15. The normalized spacial score (nSPS) is 12.3. The summed E-state index contributed by atoms with van der Waals surface area (Å²) in [5.41, 5.74) is -5.39. The van der Waals surface area contributed by atoms with Gasteiger partial charge in [0.25, 0.3) is 5.56 Å². The van der Waals surface area contributed by atoms with Gasteiger partial charge in [0.2, 0.25) is 5.89 Å². The molecule has 0 atom stereocenters. The third kappa shape index (κ3) is 3.34. The Labute approximate surface area is 168 Å². The van der Waals surface area contributed by atoms with Gasteiger partial charge in [0.05, 0.1) is 5.02 Å². The molecule has 3 aromatic rings. The van der Waals surface area contributed by atoms with Gasteiger partial charge in [-0.15, -0.1) is 0 Å². The SMILES string of the molecule is Cn1c(C(F)(F)F)cc(=O)n(-c2c(F)cc(Cl)c3nc(C(Br)Br)oc23)c1=O. The van der Waals surface area contributed by atoms with Gasteiger partial charge in [0.15, 0.2) is 11.4 Å². The lowest BCUT2D eigenvalue weighted by Gasteiger charge is -2.14. The summed E-state index contributed by atoms with van der Waals surface area (Å²) < 4.78 is 58.7. The van der Waals surface area contributed by atoms with E-state index in [2.05, 4.69) is 36.8 Å². The highest BCUT2D eigenvalue weighted by Crippen LogP contribution is 2.36. The van der Waals surface area contributed by atoms with Crippen LogP contribution >= 0.6 is 43.5 Å². The lowest BCUT2D eigenvalue weighted by molar-refractivity contribution is -0.144. The minimum atomic E-state index is -4.95. The minimum absolute atomic E-state index is 0.00413. The molecule has 3 rings (SSSR count). The second-order valence-corrected chi connectivity index (χ2v) is 8.73. The van der Waals surface area contributed by atoms with E-state index in [-0.39, 0.29) is 37.2 Å². The molecular formula is C14H6Br2ClF4N3O3. The van der Waals surface area contributed by atoms with Crippen molar-refractivity contribution in [2.24, 2.45) is 7.05 Å². The van der Waals surface area contributed by atoms with Crippen molar-refractivity contribution in [3.8, 4) is 5.69 Å². The van der Waals surface area contributed by atoms with Crippen molar-refractivity contribution in [1.82, 2.24) is 14.1 Å². The number of fused-ring (bicyclic) bond motifs is 1. The van der Waals surface area contributed by atoms with Gasteiger partial charge in [-0.3, -0.25) is 9.36 Å². The molecule has 0 aliphatic carbocycles. The fourth-order valence-electron chi connectivity index (χ4n) is 2.42. The average Bonchev–Trinajstić information content (AvgIpc) is 2.98. The molecule has 0 aliphatic rings. The number of nitrogens with zero attached hydrogens (tertiary/aromatic N) is 3. The molecule has 0 bridgehead atoms. The van der Waals surface area contributed by atoms with Crippen LogP contribution in [0.5, 0.6) is 0 Å². The Morgan fingerprint density at radius 2 is 1.89 bits per heavy atom. The van der Waals surface area contributed by atoms with E-state index in [1.165, 1.54) is 0 Å². The highest BCUT2D eigenvalue weighted by Gasteiger charge is 2.35. The smallest absolute Gasteiger partial charge is 0.431 e. The van der Waals surface area contributed by atoms with Gasteiger partial charge >= 0.3 is 11.9 Å². The topological polar surface area (TPSA) is 70.0 Å². The fourth-order valence-corrected chi connectivity index (χ4v) is 3.04. The van der Waals surface area contributed by atoms with Crippen molar-refractivity contribution in [2.75, 3.05) is 0 Å². The van der Waals surface area contributed by atoms with E-state index < -0.39 is 38.4 Å². The molecular weight excluding hydrogens is 529 g/mol. The van der Waals surface area contributed by atoms with Crippen molar-refractivity contribution in [2.45, 2.75) is 9.91 Å². The molecule has 2 heterocycles.